The molecule has 0 aromatic heterocycles. The number of hydrogen-bond donors (Lipinski definition) is 0. The van der Waals surface area contributed by atoms with Crippen LogP contribution in [0.15, 0.2) is 28.7 Å². The van der Waals surface area contributed by atoms with Crippen molar-refractivity contribution in [1.29, 1.82) is 0 Å². The van der Waals surface area contributed by atoms with Crippen molar-refractivity contribution in [3.05, 3.63) is 34.3 Å². The molecular formula is C13H18BrClS. The van der Waals surface area contributed by atoms with Gasteiger partial charge in [-0.05, 0) is 54.9 Å². The number of thioether (sulfide) groups is 1. The van der Waals surface area contributed by atoms with Crippen molar-refractivity contribution in [2.45, 2.75) is 19.3 Å². The number of benzene rings is 1. The molecule has 0 nitrogen and oxygen atoms in total. The lowest BCUT2D eigenvalue weighted by atomic mass is 9.97. The van der Waals surface area contributed by atoms with Crippen molar-refractivity contribution in [1.82, 2.24) is 0 Å². The summed E-state index contributed by atoms with van der Waals surface area (Å²) in [5.41, 5.74) is 1.39. The van der Waals surface area contributed by atoms with E-state index in [9.17, 15) is 0 Å². The predicted octanol–water partition coefficient (Wildman–Crippen LogP) is 4.99. The van der Waals surface area contributed by atoms with Gasteiger partial charge in [0.2, 0.25) is 0 Å². The number of halogens is 2. The second-order valence-electron chi connectivity index (χ2n) is 3.99. The molecule has 0 aliphatic carbocycles. The summed E-state index contributed by atoms with van der Waals surface area (Å²) in [5, 5.41) is 0. The van der Waals surface area contributed by atoms with Crippen molar-refractivity contribution in [3.63, 3.8) is 0 Å². The number of rotatable bonds is 7. The van der Waals surface area contributed by atoms with E-state index in [0.717, 1.165) is 16.8 Å². The first-order valence-electron chi connectivity index (χ1n) is 5.55. The zero-order valence-corrected chi connectivity index (χ0v) is 12.7. The third-order valence-electron chi connectivity index (χ3n) is 2.62. The molecule has 0 heterocycles. The van der Waals surface area contributed by atoms with Crippen LogP contribution in [-0.4, -0.2) is 17.9 Å². The largest absolute Gasteiger partial charge is 0.165 e. The first-order chi connectivity index (χ1) is 7.76. The van der Waals surface area contributed by atoms with E-state index in [1.54, 1.807) is 0 Å². The van der Waals surface area contributed by atoms with Gasteiger partial charge in [0, 0.05) is 10.4 Å². The summed E-state index contributed by atoms with van der Waals surface area (Å²) in [7, 11) is 0. The lowest BCUT2D eigenvalue weighted by molar-refractivity contribution is 0.531. The Morgan fingerprint density at radius 1 is 1.31 bits per heavy atom. The Morgan fingerprint density at radius 2 is 2.00 bits per heavy atom. The van der Waals surface area contributed by atoms with Crippen LogP contribution in [0.3, 0.4) is 0 Å². The highest BCUT2D eigenvalue weighted by molar-refractivity contribution is 9.10. The van der Waals surface area contributed by atoms with Gasteiger partial charge in [0.1, 0.15) is 0 Å². The Morgan fingerprint density at radius 3 is 2.56 bits per heavy atom. The summed E-state index contributed by atoms with van der Waals surface area (Å²) in [6.45, 7) is 0. The fourth-order valence-corrected chi connectivity index (χ4v) is 2.69. The summed E-state index contributed by atoms with van der Waals surface area (Å²) in [5.74, 6) is 2.63. The van der Waals surface area contributed by atoms with Gasteiger partial charge >= 0.3 is 0 Å². The van der Waals surface area contributed by atoms with E-state index >= 15 is 0 Å². The molecule has 90 valence electrons. The average molecular weight is 322 g/mol. The zero-order valence-electron chi connectivity index (χ0n) is 9.59. The van der Waals surface area contributed by atoms with Gasteiger partial charge in [-0.1, -0.05) is 28.1 Å². The highest BCUT2D eigenvalue weighted by Crippen LogP contribution is 2.18. The number of alkyl halides is 1. The van der Waals surface area contributed by atoms with Crippen molar-refractivity contribution in [3.8, 4) is 0 Å². The SMILES string of the molecule is CSCCCC(CCl)Cc1ccc(Br)cc1. The topological polar surface area (TPSA) is 0 Å². The molecule has 0 aliphatic heterocycles. The molecule has 0 saturated heterocycles. The predicted molar refractivity (Wildman–Crippen MR) is 79.7 cm³/mol. The van der Waals surface area contributed by atoms with Crippen LogP contribution in [0, 0.1) is 5.92 Å². The third kappa shape index (κ3) is 5.60. The first-order valence-corrected chi connectivity index (χ1v) is 8.27. The summed E-state index contributed by atoms with van der Waals surface area (Å²) in [6, 6.07) is 8.56. The van der Waals surface area contributed by atoms with Gasteiger partial charge in [-0.15, -0.1) is 11.6 Å². The van der Waals surface area contributed by atoms with Crippen LogP contribution in [0.5, 0.6) is 0 Å². The second-order valence-corrected chi connectivity index (χ2v) is 6.20. The van der Waals surface area contributed by atoms with Crippen LogP contribution in [0.25, 0.3) is 0 Å². The molecule has 0 saturated carbocycles. The molecule has 3 heteroatoms. The smallest absolute Gasteiger partial charge is 0.0254 e. The summed E-state index contributed by atoms with van der Waals surface area (Å²) >= 11 is 11.4. The van der Waals surface area contributed by atoms with Gasteiger partial charge < -0.3 is 0 Å². The van der Waals surface area contributed by atoms with E-state index in [-0.39, 0.29) is 0 Å². The second kappa shape index (κ2) is 8.43. The van der Waals surface area contributed by atoms with Crippen molar-refractivity contribution < 1.29 is 0 Å². The Balaban J connectivity index is 2.40. The van der Waals surface area contributed by atoms with Crippen molar-refractivity contribution >= 4 is 39.3 Å². The average Bonchev–Trinajstić information content (AvgIpc) is 2.31. The van der Waals surface area contributed by atoms with Gasteiger partial charge in [0.25, 0.3) is 0 Å². The van der Waals surface area contributed by atoms with E-state index in [4.69, 9.17) is 11.6 Å². The molecular weight excluding hydrogens is 304 g/mol. The van der Waals surface area contributed by atoms with Gasteiger partial charge in [-0.25, -0.2) is 0 Å². The van der Waals surface area contributed by atoms with Crippen LogP contribution >= 0.6 is 39.3 Å². The standard InChI is InChI=1S/C13H18BrClS/c1-16-8-2-3-12(10-15)9-11-4-6-13(14)7-5-11/h4-7,12H,2-3,8-10H2,1H3. The Bertz CT molecular complexity index is 286. The molecule has 0 spiro atoms. The van der Waals surface area contributed by atoms with Gasteiger partial charge in [0.05, 0.1) is 0 Å². The molecule has 16 heavy (non-hydrogen) atoms. The Labute approximate surface area is 116 Å². The van der Waals surface area contributed by atoms with Crippen LogP contribution in [0.4, 0.5) is 0 Å². The van der Waals surface area contributed by atoms with Crippen LogP contribution in [-0.2, 0) is 6.42 Å². The quantitative estimate of drug-likeness (QED) is 0.503. The molecule has 0 fully saturated rings. The Kier molecular flexibility index (Phi) is 7.59. The fourth-order valence-electron chi connectivity index (χ4n) is 1.70. The zero-order chi connectivity index (χ0) is 11.8. The molecule has 0 aliphatic rings. The molecule has 1 rings (SSSR count). The third-order valence-corrected chi connectivity index (χ3v) is 4.28. The highest BCUT2D eigenvalue weighted by Gasteiger charge is 2.08. The molecule has 1 atom stereocenters. The lowest BCUT2D eigenvalue weighted by Gasteiger charge is -2.13. The molecule has 1 aromatic rings. The van der Waals surface area contributed by atoms with Gasteiger partial charge in [-0.3, -0.25) is 0 Å². The maximum atomic E-state index is 6.01. The molecule has 0 radical (unpaired) electrons. The molecule has 0 amide bonds. The van der Waals surface area contributed by atoms with E-state index in [1.165, 1.54) is 24.2 Å². The van der Waals surface area contributed by atoms with Gasteiger partial charge in [0.15, 0.2) is 0 Å². The minimum absolute atomic E-state index is 0.620. The molecule has 1 unspecified atom stereocenters. The molecule has 0 bridgehead atoms. The monoisotopic (exact) mass is 320 g/mol. The van der Waals surface area contributed by atoms with E-state index in [0.29, 0.717) is 5.92 Å². The van der Waals surface area contributed by atoms with E-state index in [2.05, 4.69) is 46.5 Å². The maximum absolute atomic E-state index is 6.01. The molecule has 0 N–H and O–H groups in total. The number of hydrogen-bond acceptors (Lipinski definition) is 1. The van der Waals surface area contributed by atoms with Crippen LogP contribution in [0.2, 0.25) is 0 Å². The lowest BCUT2D eigenvalue weighted by Crippen LogP contribution is -2.07. The fraction of sp³-hybridized carbons (Fsp3) is 0.538. The first kappa shape index (κ1) is 14.4. The minimum atomic E-state index is 0.620. The van der Waals surface area contributed by atoms with Crippen molar-refractivity contribution in [2.24, 2.45) is 5.92 Å². The Hall–Kier alpha value is 0.340. The maximum Gasteiger partial charge on any atom is 0.0254 e. The van der Waals surface area contributed by atoms with Crippen LogP contribution in [0.1, 0.15) is 18.4 Å². The normalized spacial score (nSPS) is 12.7. The van der Waals surface area contributed by atoms with E-state index in [1.807, 2.05) is 11.8 Å². The molecule has 1 aromatic carbocycles. The summed E-state index contributed by atoms with van der Waals surface area (Å²) in [4.78, 5) is 0. The van der Waals surface area contributed by atoms with Crippen molar-refractivity contribution in [2.75, 3.05) is 17.9 Å². The summed E-state index contributed by atoms with van der Waals surface area (Å²) < 4.78 is 1.14. The van der Waals surface area contributed by atoms with Gasteiger partial charge in [-0.2, -0.15) is 11.8 Å². The van der Waals surface area contributed by atoms with E-state index < -0.39 is 0 Å². The minimum Gasteiger partial charge on any atom is -0.165 e. The highest BCUT2D eigenvalue weighted by atomic mass is 79.9. The van der Waals surface area contributed by atoms with Crippen LogP contribution < -0.4 is 0 Å². The summed E-state index contributed by atoms with van der Waals surface area (Å²) in [6.07, 6.45) is 5.77.